The molecule has 1 N–H and O–H groups in total. The van der Waals surface area contributed by atoms with Crippen molar-refractivity contribution in [3.05, 3.63) is 59.9 Å². The topological polar surface area (TPSA) is 108 Å². The van der Waals surface area contributed by atoms with E-state index in [-0.39, 0.29) is 17.2 Å². The molecule has 0 saturated carbocycles. The van der Waals surface area contributed by atoms with Gasteiger partial charge in [-0.25, -0.2) is 13.1 Å². The van der Waals surface area contributed by atoms with Crippen molar-refractivity contribution < 1.29 is 23.1 Å². The van der Waals surface area contributed by atoms with Crippen LogP contribution in [0.3, 0.4) is 0 Å². The highest BCUT2D eigenvalue weighted by atomic mass is 32.2. The van der Waals surface area contributed by atoms with Crippen LogP contribution in [0.4, 0.5) is 0 Å². The molecule has 0 aliphatic heterocycles. The molecule has 126 valence electrons. The second kappa shape index (κ2) is 7.71. The van der Waals surface area contributed by atoms with Gasteiger partial charge in [0.15, 0.2) is 0 Å². The van der Waals surface area contributed by atoms with Gasteiger partial charge in [0.1, 0.15) is 10.6 Å². The van der Waals surface area contributed by atoms with E-state index in [1.807, 2.05) is 0 Å². The number of sulfonamides is 1. The molecular formula is C16H15N2O5S-. The van der Waals surface area contributed by atoms with Gasteiger partial charge >= 0.3 is 0 Å². The van der Waals surface area contributed by atoms with E-state index < -0.39 is 16.0 Å². The lowest BCUT2D eigenvalue weighted by Crippen LogP contribution is -2.24. The van der Waals surface area contributed by atoms with Crippen LogP contribution in [0.25, 0.3) is 6.08 Å². The van der Waals surface area contributed by atoms with E-state index in [9.17, 15) is 18.3 Å². The van der Waals surface area contributed by atoms with Crippen LogP contribution in [0.5, 0.6) is 5.75 Å². The van der Waals surface area contributed by atoms with Gasteiger partial charge in [-0.2, -0.15) is 0 Å². The first-order valence-corrected chi connectivity index (χ1v) is 8.36. The highest BCUT2D eigenvalue weighted by molar-refractivity contribution is 7.89. The molecule has 0 unspecified atom stereocenters. The number of carbonyl (C=O) groups excluding carboxylic acids is 1. The van der Waals surface area contributed by atoms with Crippen LogP contribution in [0.2, 0.25) is 0 Å². The maximum absolute atomic E-state index is 12.5. The number of carboxylic acids is 1. The summed E-state index contributed by atoms with van der Waals surface area (Å²) in [5, 5.41) is 10.5. The molecule has 0 amide bonds. The number of ether oxygens (including phenoxy) is 1. The maximum Gasteiger partial charge on any atom is 0.244 e. The Morgan fingerprint density at radius 2 is 2.17 bits per heavy atom. The first kappa shape index (κ1) is 17.6. The van der Waals surface area contributed by atoms with Crippen molar-refractivity contribution in [2.45, 2.75) is 11.4 Å². The third-order valence-electron chi connectivity index (χ3n) is 3.08. The van der Waals surface area contributed by atoms with Gasteiger partial charge in [0.05, 0.1) is 13.1 Å². The van der Waals surface area contributed by atoms with Gasteiger partial charge in [-0.15, -0.1) is 0 Å². The molecule has 2 rings (SSSR count). The highest BCUT2D eigenvalue weighted by Crippen LogP contribution is 2.25. The fourth-order valence-electron chi connectivity index (χ4n) is 1.93. The van der Waals surface area contributed by atoms with Crippen molar-refractivity contribution in [2.75, 3.05) is 7.11 Å². The molecule has 0 fully saturated rings. The minimum atomic E-state index is -3.86. The SMILES string of the molecule is COc1ccc(/C=C/C(=O)[O-])cc1S(=O)(=O)NCc1cccnc1. The Bertz CT molecular complexity index is 848. The maximum atomic E-state index is 12.5. The van der Waals surface area contributed by atoms with Gasteiger partial charge in [-0.05, 0) is 35.4 Å². The van der Waals surface area contributed by atoms with E-state index in [0.29, 0.717) is 11.1 Å². The molecule has 0 radical (unpaired) electrons. The molecule has 24 heavy (non-hydrogen) atoms. The average molecular weight is 347 g/mol. The zero-order chi connectivity index (χ0) is 17.6. The Morgan fingerprint density at radius 3 is 2.79 bits per heavy atom. The Hall–Kier alpha value is -2.71. The third-order valence-corrected chi connectivity index (χ3v) is 4.50. The second-order valence-corrected chi connectivity index (χ2v) is 6.48. The first-order chi connectivity index (χ1) is 11.4. The van der Waals surface area contributed by atoms with Crippen molar-refractivity contribution >= 4 is 22.1 Å². The summed E-state index contributed by atoms with van der Waals surface area (Å²) in [6.07, 6.45) is 5.21. The number of carbonyl (C=O) groups is 1. The van der Waals surface area contributed by atoms with Crippen LogP contribution >= 0.6 is 0 Å². The lowest BCUT2D eigenvalue weighted by Gasteiger charge is -2.11. The van der Waals surface area contributed by atoms with E-state index in [0.717, 1.165) is 6.08 Å². The Balaban J connectivity index is 2.29. The van der Waals surface area contributed by atoms with Gasteiger partial charge in [-0.3, -0.25) is 4.98 Å². The average Bonchev–Trinajstić information content (AvgIpc) is 2.59. The summed E-state index contributed by atoms with van der Waals surface area (Å²) in [4.78, 5) is 14.3. The number of rotatable bonds is 7. The highest BCUT2D eigenvalue weighted by Gasteiger charge is 2.19. The molecular weight excluding hydrogens is 332 g/mol. The molecule has 1 aromatic carbocycles. The molecule has 0 aliphatic carbocycles. The lowest BCUT2D eigenvalue weighted by atomic mass is 10.2. The number of benzene rings is 1. The summed E-state index contributed by atoms with van der Waals surface area (Å²) >= 11 is 0. The van der Waals surface area contributed by atoms with E-state index >= 15 is 0 Å². The molecule has 0 aliphatic rings. The quantitative estimate of drug-likeness (QED) is 0.723. The first-order valence-electron chi connectivity index (χ1n) is 6.88. The van der Waals surface area contributed by atoms with Crippen molar-refractivity contribution in [1.82, 2.24) is 9.71 Å². The fourth-order valence-corrected chi connectivity index (χ4v) is 3.15. The van der Waals surface area contributed by atoms with E-state index in [1.165, 1.54) is 25.3 Å². The number of hydrogen-bond acceptors (Lipinski definition) is 6. The molecule has 0 spiro atoms. The number of pyridine rings is 1. The van der Waals surface area contributed by atoms with Crippen LogP contribution < -0.4 is 14.6 Å². The molecule has 2 aromatic rings. The van der Waals surface area contributed by atoms with Crippen LogP contribution in [-0.4, -0.2) is 26.5 Å². The summed E-state index contributed by atoms with van der Waals surface area (Å²) < 4.78 is 32.6. The van der Waals surface area contributed by atoms with Gasteiger partial charge in [0.25, 0.3) is 0 Å². The van der Waals surface area contributed by atoms with Crippen LogP contribution in [0.1, 0.15) is 11.1 Å². The largest absolute Gasteiger partial charge is 0.545 e. The summed E-state index contributed by atoms with van der Waals surface area (Å²) in [7, 11) is -2.51. The Kier molecular flexibility index (Phi) is 5.67. The smallest absolute Gasteiger partial charge is 0.244 e. The predicted molar refractivity (Wildman–Crippen MR) is 85.3 cm³/mol. The third kappa shape index (κ3) is 4.64. The number of hydrogen-bond donors (Lipinski definition) is 1. The van der Waals surface area contributed by atoms with Crippen molar-refractivity contribution in [2.24, 2.45) is 0 Å². The second-order valence-electron chi connectivity index (χ2n) is 4.75. The fraction of sp³-hybridized carbons (Fsp3) is 0.125. The molecule has 0 bridgehead atoms. The minimum Gasteiger partial charge on any atom is -0.545 e. The van der Waals surface area contributed by atoms with E-state index in [4.69, 9.17) is 4.74 Å². The lowest BCUT2D eigenvalue weighted by molar-refractivity contribution is -0.297. The molecule has 1 heterocycles. The molecule has 7 nitrogen and oxygen atoms in total. The molecule has 1 aromatic heterocycles. The number of aliphatic carboxylic acids is 1. The van der Waals surface area contributed by atoms with Gasteiger partial charge in [0, 0.05) is 18.9 Å². The minimum absolute atomic E-state index is 0.0679. The monoisotopic (exact) mass is 347 g/mol. The van der Waals surface area contributed by atoms with Gasteiger partial charge in [-0.1, -0.05) is 18.2 Å². The van der Waals surface area contributed by atoms with Crippen LogP contribution in [0, 0.1) is 0 Å². The van der Waals surface area contributed by atoms with Crippen LogP contribution in [-0.2, 0) is 21.4 Å². The Labute approximate surface area is 139 Å². The number of carboxylic acid groups (broad SMARTS) is 1. The van der Waals surface area contributed by atoms with Crippen molar-refractivity contribution in [3.8, 4) is 5.75 Å². The number of nitrogens with zero attached hydrogens (tertiary/aromatic N) is 1. The van der Waals surface area contributed by atoms with Gasteiger partial charge in [0.2, 0.25) is 10.0 Å². The van der Waals surface area contributed by atoms with Crippen molar-refractivity contribution in [3.63, 3.8) is 0 Å². The summed E-state index contributed by atoms with van der Waals surface area (Å²) in [5.41, 5.74) is 1.09. The molecule has 0 atom stereocenters. The number of aromatic nitrogens is 1. The standard InChI is InChI=1S/C16H16N2O5S/c1-23-14-6-4-12(5-7-16(19)20)9-15(14)24(21,22)18-11-13-3-2-8-17-10-13/h2-10,18H,11H2,1H3,(H,19,20)/p-1/b7-5+. The summed E-state index contributed by atoms with van der Waals surface area (Å²) in [6.45, 7) is 0.0679. The predicted octanol–water partition coefficient (Wildman–Crippen LogP) is 0.332. The summed E-state index contributed by atoms with van der Waals surface area (Å²) in [6, 6.07) is 7.76. The molecule has 0 saturated heterocycles. The zero-order valence-corrected chi connectivity index (χ0v) is 13.6. The van der Waals surface area contributed by atoms with Crippen LogP contribution in [0.15, 0.2) is 53.7 Å². The van der Waals surface area contributed by atoms with Crippen molar-refractivity contribution in [1.29, 1.82) is 0 Å². The molecule has 8 heteroatoms. The normalized spacial score (nSPS) is 11.5. The van der Waals surface area contributed by atoms with E-state index in [1.54, 1.807) is 30.6 Å². The summed E-state index contributed by atoms with van der Waals surface area (Å²) in [5.74, 6) is -1.22. The van der Waals surface area contributed by atoms with Gasteiger partial charge < -0.3 is 14.6 Å². The number of methoxy groups -OCH3 is 1. The van der Waals surface area contributed by atoms with E-state index in [2.05, 4.69) is 9.71 Å². The Morgan fingerprint density at radius 1 is 1.38 bits per heavy atom. The number of nitrogens with one attached hydrogen (secondary N) is 1. The zero-order valence-electron chi connectivity index (χ0n) is 12.8.